The molecule has 1 saturated carbocycles. The summed E-state index contributed by atoms with van der Waals surface area (Å²) in [6, 6.07) is 6.23. The Morgan fingerprint density at radius 3 is 2.84 bits per heavy atom. The number of ether oxygens (including phenoxy) is 1. The SMILES string of the molecule is Cc1nc(C)n(CCN[C@H]2CCC[C@@H](Oc3ccccc3F)[C@@H]2O)n1. The smallest absolute Gasteiger partial charge is 0.165 e. The summed E-state index contributed by atoms with van der Waals surface area (Å²) in [5.41, 5.74) is 0. The van der Waals surface area contributed by atoms with E-state index in [1.54, 1.807) is 18.2 Å². The van der Waals surface area contributed by atoms with Crippen LogP contribution < -0.4 is 10.1 Å². The third-order valence-corrected chi connectivity index (χ3v) is 4.60. The van der Waals surface area contributed by atoms with Crippen LogP contribution in [-0.4, -0.2) is 44.7 Å². The molecule has 1 aromatic carbocycles. The van der Waals surface area contributed by atoms with Gasteiger partial charge in [-0.3, -0.25) is 0 Å². The Hall–Kier alpha value is -1.99. The van der Waals surface area contributed by atoms with Crippen molar-refractivity contribution < 1.29 is 14.2 Å². The summed E-state index contributed by atoms with van der Waals surface area (Å²) in [7, 11) is 0. The van der Waals surface area contributed by atoms with Gasteiger partial charge in [0.25, 0.3) is 0 Å². The number of para-hydroxylation sites is 1. The van der Waals surface area contributed by atoms with Crippen LogP contribution in [0, 0.1) is 19.7 Å². The topological polar surface area (TPSA) is 72.2 Å². The molecule has 1 fully saturated rings. The lowest BCUT2D eigenvalue weighted by Gasteiger charge is -2.35. The molecule has 6 nitrogen and oxygen atoms in total. The molecule has 0 spiro atoms. The van der Waals surface area contributed by atoms with E-state index in [-0.39, 0.29) is 11.8 Å². The molecule has 1 aromatic heterocycles. The standard InChI is InChI=1S/C18H25FN4O2/c1-12-21-13(2)23(22-12)11-10-20-15-7-5-9-17(18(15)24)25-16-8-4-3-6-14(16)19/h3-4,6,8,15,17-18,20,24H,5,7,9-11H2,1-2H3/t15-,17+,18+/m0/s1. The van der Waals surface area contributed by atoms with E-state index in [0.29, 0.717) is 13.1 Å². The minimum Gasteiger partial charge on any atom is -0.485 e. The number of aryl methyl sites for hydroxylation is 2. The number of aromatic nitrogens is 3. The van der Waals surface area contributed by atoms with Gasteiger partial charge in [-0.05, 0) is 45.2 Å². The Bertz CT molecular complexity index is 706. The molecule has 0 saturated heterocycles. The Morgan fingerprint density at radius 1 is 1.32 bits per heavy atom. The number of nitrogens with zero attached hydrogens (tertiary/aromatic N) is 3. The van der Waals surface area contributed by atoms with Gasteiger partial charge in [0.2, 0.25) is 0 Å². The molecule has 1 heterocycles. The highest BCUT2D eigenvalue weighted by Crippen LogP contribution is 2.26. The number of nitrogens with one attached hydrogen (secondary N) is 1. The summed E-state index contributed by atoms with van der Waals surface area (Å²) in [6.45, 7) is 5.16. The van der Waals surface area contributed by atoms with Gasteiger partial charge in [0.15, 0.2) is 11.6 Å². The number of halogens is 1. The maximum atomic E-state index is 13.8. The summed E-state index contributed by atoms with van der Waals surface area (Å²) in [5, 5.41) is 18.3. The van der Waals surface area contributed by atoms with Crippen LogP contribution >= 0.6 is 0 Å². The second-order valence-corrected chi connectivity index (χ2v) is 6.50. The molecule has 0 radical (unpaired) electrons. The van der Waals surface area contributed by atoms with Gasteiger partial charge in [-0.2, -0.15) is 5.10 Å². The van der Waals surface area contributed by atoms with Gasteiger partial charge in [0, 0.05) is 12.6 Å². The molecule has 136 valence electrons. The van der Waals surface area contributed by atoms with E-state index in [2.05, 4.69) is 15.4 Å². The molecule has 2 N–H and O–H groups in total. The molecule has 0 unspecified atom stereocenters. The zero-order chi connectivity index (χ0) is 17.8. The second kappa shape index (κ2) is 7.93. The Labute approximate surface area is 147 Å². The first-order valence-corrected chi connectivity index (χ1v) is 8.75. The van der Waals surface area contributed by atoms with E-state index in [1.165, 1.54) is 6.07 Å². The highest BCUT2D eigenvalue weighted by molar-refractivity contribution is 5.24. The largest absolute Gasteiger partial charge is 0.485 e. The van der Waals surface area contributed by atoms with Crippen molar-refractivity contribution in [1.29, 1.82) is 0 Å². The molecule has 1 aliphatic carbocycles. The van der Waals surface area contributed by atoms with Crippen molar-refractivity contribution in [2.24, 2.45) is 0 Å². The molecular weight excluding hydrogens is 323 g/mol. The zero-order valence-corrected chi connectivity index (χ0v) is 14.7. The quantitative estimate of drug-likeness (QED) is 0.835. The van der Waals surface area contributed by atoms with Crippen molar-refractivity contribution in [3.63, 3.8) is 0 Å². The van der Waals surface area contributed by atoms with Crippen molar-refractivity contribution in [3.8, 4) is 5.75 Å². The number of hydrogen-bond acceptors (Lipinski definition) is 5. The predicted molar refractivity (Wildman–Crippen MR) is 92.0 cm³/mol. The van der Waals surface area contributed by atoms with E-state index in [4.69, 9.17) is 4.74 Å². The van der Waals surface area contributed by atoms with Gasteiger partial charge in [-0.1, -0.05) is 12.1 Å². The average molecular weight is 348 g/mol. The van der Waals surface area contributed by atoms with Crippen LogP contribution in [0.3, 0.4) is 0 Å². The van der Waals surface area contributed by atoms with Crippen LogP contribution in [0.4, 0.5) is 4.39 Å². The minimum absolute atomic E-state index is 0.0737. The third-order valence-electron chi connectivity index (χ3n) is 4.60. The van der Waals surface area contributed by atoms with Gasteiger partial charge >= 0.3 is 0 Å². The average Bonchev–Trinajstić information content (AvgIpc) is 2.90. The Morgan fingerprint density at radius 2 is 2.12 bits per heavy atom. The molecule has 0 amide bonds. The first-order valence-electron chi connectivity index (χ1n) is 8.75. The third kappa shape index (κ3) is 4.35. The summed E-state index contributed by atoms with van der Waals surface area (Å²) < 4.78 is 21.3. The first-order chi connectivity index (χ1) is 12.0. The lowest BCUT2D eigenvalue weighted by molar-refractivity contribution is -0.0169. The molecule has 7 heteroatoms. The van der Waals surface area contributed by atoms with Gasteiger partial charge in [0.05, 0.1) is 6.54 Å². The zero-order valence-electron chi connectivity index (χ0n) is 14.7. The van der Waals surface area contributed by atoms with Crippen molar-refractivity contribution >= 4 is 0 Å². The fourth-order valence-corrected chi connectivity index (χ4v) is 3.32. The van der Waals surface area contributed by atoms with E-state index in [0.717, 1.165) is 30.9 Å². The van der Waals surface area contributed by atoms with Gasteiger partial charge in [-0.15, -0.1) is 0 Å². The second-order valence-electron chi connectivity index (χ2n) is 6.50. The summed E-state index contributed by atoms with van der Waals surface area (Å²) in [5.74, 6) is 1.43. The summed E-state index contributed by atoms with van der Waals surface area (Å²) in [4.78, 5) is 4.28. The van der Waals surface area contributed by atoms with E-state index in [9.17, 15) is 9.50 Å². The minimum atomic E-state index is -0.674. The Kier molecular flexibility index (Phi) is 5.65. The van der Waals surface area contributed by atoms with E-state index in [1.807, 2.05) is 18.5 Å². The fourth-order valence-electron chi connectivity index (χ4n) is 3.32. The van der Waals surface area contributed by atoms with Crippen molar-refractivity contribution in [2.75, 3.05) is 6.54 Å². The fraction of sp³-hybridized carbons (Fsp3) is 0.556. The van der Waals surface area contributed by atoms with Crippen LogP contribution in [0.15, 0.2) is 24.3 Å². The number of benzene rings is 1. The van der Waals surface area contributed by atoms with E-state index < -0.39 is 18.0 Å². The molecule has 25 heavy (non-hydrogen) atoms. The van der Waals surface area contributed by atoms with Crippen molar-refractivity contribution in [2.45, 2.75) is 57.9 Å². The molecule has 1 aliphatic rings. The van der Waals surface area contributed by atoms with Crippen LogP contribution in [0.25, 0.3) is 0 Å². The Balaban J connectivity index is 1.54. The van der Waals surface area contributed by atoms with Crippen molar-refractivity contribution in [3.05, 3.63) is 41.7 Å². The number of rotatable bonds is 6. The molecular formula is C18H25FN4O2. The molecule has 0 aliphatic heterocycles. The highest BCUT2D eigenvalue weighted by atomic mass is 19.1. The van der Waals surface area contributed by atoms with Gasteiger partial charge in [0.1, 0.15) is 23.9 Å². The lowest BCUT2D eigenvalue weighted by atomic mass is 9.90. The van der Waals surface area contributed by atoms with Crippen LogP contribution in [0.5, 0.6) is 5.75 Å². The maximum Gasteiger partial charge on any atom is 0.165 e. The van der Waals surface area contributed by atoms with E-state index >= 15 is 0 Å². The lowest BCUT2D eigenvalue weighted by Crippen LogP contribution is -2.51. The van der Waals surface area contributed by atoms with Crippen LogP contribution in [0.2, 0.25) is 0 Å². The number of hydrogen-bond donors (Lipinski definition) is 2. The molecule has 3 rings (SSSR count). The normalized spacial score (nSPS) is 23.6. The summed E-state index contributed by atoms with van der Waals surface area (Å²) >= 11 is 0. The predicted octanol–water partition coefficient (Wildman–Crippen LogP) is 1.98. The van der Waals surface area contributed by atoms with Gasteiger partial charge in [-0.25, -0.2) is 14.1 Å². The molecule has 0 bridgehead atoms. The van der Waals surface area contributed by atoms with Crippen molar-refractivity contribution in [1.82, 2.24) is 20.1 Å². The molecule has 3 atom stereocenters. The van der Waals surface area contributed by atoms with Gasteiger partial charge < -0.3 is 15.2 Å². The number of aliphatic hydroxyl groups excluding tert-OH is 1. The summed E-state index contributed by atoms with van der Waals surface area (Å²) in [6.07, 6.45) is 1.43. The van der Waals surface area contributed by atoms with Crippen LogP contribution in [0.1, 0.15) is 30.9 Å². The van der Waals surface area contributed by atoms with Crippen LogP contribution in [-0.2, 0) is 6.54 Å². The maximum absolute atomic E-state index is 13.8. The first kappa shape index (κ1) is 17.8. The number of aliphatic hydroxyl groups is 1. The highest BCUT2D eigenvalue weighted by Gasteiger charge is 2.33. The molecule has 2 aromatic rings. The monoisotopic (exact) mass is 348 g/mol.